The number of methoxy groups -OCH3 is 2. The maximum Gasteiger partial charge on any atom is 0.420 e. The number of fused-ring (bicyclic) bond motifs is 2. The van der Waals surface area contributed by atoms with Crippen LogP contribution in [0.25, 0.3) is 38.8 Å². The first-order valence-electron chi connectivity index (χ1n) is 19.8. The minimum absolute atomic E-state index is 0.114. The molecule has 6 aromatic rings. The number of hydrogen-bond acceptors (Lipinski definition) is 11. The lowest BCUT2D eigenvalue weighted by atomic mass is 9.85. The molecule has 0 spiro atoms. The van der Waals surface area contributed by atoms with Crippen molar-refractivity contribution in [3.8, 4) is 28.3 Å². The Morgan fingerprint density at radius 2 is 1.64 bits per heavy atom. The molecule has 3 aromatic carbocycles. The van der Waals surface area contributed by atoms with E-state index >= 15 is 0 Å². The molecule has 0 atom stereocenters. The first-order chi connectivity index (χ1) is 29.1. The summed E-state index contributed by atoms with van der Waals surface area (Å²) in [5, 5.41) is 14.9. The van der Waals surface area contributed by atoms with Gasteiger partial charge in [0.15, 0.2) is 17.9 Å². The molecule has 1 aliphatic rings. The van der Waals surface area contributed by atoms with Crippen molar-refractivity contribution in [2.24, 2.45) is 5.92 Å². The van der Waals surface area contributed by atoms with Crippen molar-refractivity contribution < 1.29 is 42.5 Å². The van der Waals surface area contributed by atoms with E-state index in [9.17, 15) is 28.3 Å². The van der Waals surface area contributed by atoms with Crippen molar-refractivity contribution >= 4 is 51.8 Å². The maximum atomic E-state index is 14.6. The highest BCUT2D eigenvalue weighted by Gasteiger charge is 2.32. The molecule has 1 amide bonds. The summed E-state index contributed by atoms with van der Waals surface area (Å²) in [5.74, 6) is -1.45. The number of benzene rings is 3. The van der Waals surface area contributed by atoms with Gasteiger partial charge in [-0.3, -0.25) is 19.5 Å². The van der Waals surface area contributed by atoms with E-state index in [-0.39, 0.29) is 34.4 Å². The predicted octanol–water partition coefficient (Wildman–Crippen LogP) is 9.25. The Labute approximate surface area is 351 Å². The van der Waals surface area contributed by atoms with Crippen molar-refractivity contribution in [1.82, 2.24) is 29.6 Å². The number of anilines is 2. The summed E-state index contributed by atoms with van der Waals surface area (Å²) >= 11 is 0. The monoisotopic (exact) mass is 835 g/mol. The van der Waals surface area contributed by atoms with E-state index in [4.69, 9.17) is 19.3 Å². The summed E-state index contributed by atoms with van der Waals surface area (Å²) in [6, 6.07) is 16.2. The van der Waals surface area contributed by atoms with Gasteiger partial charge in [0.1, 0.15) is 22.6 Å². The largest absolute Gasteiger partial charge is 0.496 e. The lowest BCUT2D eigenvalue weighted by molar-refractivity contribution is -0.143. The first kappa shape index (κ1) is 42.6. The van der Waals surface area contributed by atoms with Crippen LogP contribution in [-0.4, -0.2) is 86.0 Å². The lowest BCUT2D eigenvalue weighted by Gasteiger charge is -2.33. The number of alkyl halides is 2. The lowest BCUT2D eigenvalue weighted by Crippen LogP contribution is -2.36. The van der Waals surface area contributed by atoms with Crippen molar-refractivity contribution in [2.45, 2.75) is 78.0 Å². The van der Waals surface area contributed by atoms with Crippen LogP contribution in [0.5, 0.6) is 11.5 Å². The molecule has 0 aliphatic heterocycles. The Balaban J connectivity index is 1.32. The number of carbonyl (C=O) groups excluding carboxylic acids is 2. The maximum absolute atomic E-state index is 14.6. The Hall–Kier alpha value is -6.55. The van der Waals surface area contributed by atoms with Gasteiger partial charge in [0, 0.05) is 36.3 Å². The van der Waals surface area contributed by atoms with Crippen LogP contribution in [0, 0.1) is 12.8 Å². The molecular formula is C45H47F2N7O7. The zero-order valence-electron chi connectivity index (χ0n) is 35.0. The summed E-state index contributed by atoms with van der Waals surface area (Å²) in [4.78, 5) is 54.2. The number of carboxylic acid groups (broad SMARTS) is 1. The van der Waals surface area contributed by atoms with Gasteiger partial charge in [0.05, 0.1) is 54.3 Å². The number of aromatic nitrogens is 5. The molecule has 0 saturated heterocycles. The van der Waals surface area contributed by atoms with Crippen LogP contribution in [0.2, 0.25) is 0 Å². The zero-order valence-corrected chi connectivity index (χ0v) is 35.0. The number of pyridine rings is 1. The third-order valence-corrected chi connectivity index (χ3v) is 11.0. The van der Waals surface area contributed by atoms with Crippen molar-refractivity contribution in [3.63, 3.8) is 0 Å². The van der Waals surface area contributed by atoms with E-state index in [0.717, 1.165) is 29.3 Å². The van der Waals surface area contributed by atoms with Gasteiger partial charge in [0.2, 0.25) is 0 Å². The highest BCUT2D eigenvalue weighted by Crippen LogP contribution is 2.41. The predicted molar refractivity (Wildman–Crippen MR) is 225 cm³/mol. The first-order valence-corrected chi connectivity index (χ1v) is 19.8. The zero-order chi connectivity index (χ0) is 43.7. The minimum Gasteiger partial charge on any atom is -0.496 e. The summed E-state index contributed by atoms with van der Waals surface area (Å²) in [6.07, 6.45) is 2.66. The number of halogens is 2. The number of amides is 1. The molecule has 1 fully saturated rings. The molecule has 14 nitrogen and oxygen atoms in total. The van der Waals surface area contributed by atoms with E-state index in [0.29, 0.717) is 65.2 Å². The number of aliphatic carboxylic acids is 1. The second-order valence-electron chi connectivity index (χ2n) is 16.1. The smallest absolute Gasteiger partial charge is 0.420 e. The molecule has 7 rings (SSSR count). The second kappa shape index (κ2) is 17.2. The minimum atomic E-state index is -3.07. The quantitative estimate of drug-likeness (QED) is 0.117. The van der Waals surface area contributed by atoms with Crippen molar-refractivity contribution in [2.75, 3.05) is 26.2 Å². The van der Waals surface area contributed by atoms with Gasteiger partial charge in [-0.1, -0.05) is 24.3 Å². The average Bonchev–Trinajstić information content (AvgIpc) is 3.67. The number of nitrogens with zero attached hydrogens (tertiary/aromatic N) is 7. The van der Waals surface area contributed by atoms with Gasteiger partial charge in [-0.15, -0.1) is 0 Å². The molecule has 1 aliphatic carbocycles. The Morgan fingerprint density at radius 3 is 2.26 bits per heavy atom. The summed E-state index contributed by atoms with van der Waals surface area (Å²) in [7, 11) is 4.87. The molecule has 3 heterocycles. The number of aldehydes is 1. The standard InChI is InChI=1S/C45H47F2N7O7/c1-25-30(31-11-9-13-36-32(31)22-49-54(36)29-19-37(59-6)33(24-55)38(20-29)60-7)10-8-12-35(25)53(44(58)61-45(2,3)4)42-39-34(50-41(51-42)40(46)47)18-26(21-48-39)23-52(5)28-16-14-27(15-17-28)43(56)57/h8-13,18-22,24,27-28,40H,14-17,23H2,1-7H3,(H,56,57). The molecule has 3 aromatic heterocycles. The Kier molecular flexibility index (Phi) is 12.0. The van der Waals surface area contributed by atoms with E-state index < -0.39 is 29.9 Å². The average molecular weight is 836 g/mol. The van der Waals surface area contributed by atoms with Gasteiger partial charge < -0.3 is 19.3 Å². The van der Waals surface area contributed by atoms with E-state index in [1.54, 1.807) is 68.2 Å². The molecule has 0 radical (unpaired) electrons. The van der Waals surface area contributed by atoms with E-state index in [1.165, 1.54) is 19.1 Å². The Bertz CT molecular complexity index is 2610. The van der Waals surface area contributed by atoms with Gasteiger partial charge in [-0.25, -0.2) is 33.1 Å². The van der Waals surface area contributed by atoms with E-state index in [1.807, 2.05) is 38.2 Å². The number of carboxylic acids is 1. The summed E-state index contributed by atoms with van der Waals surface area (Å²) in [5.41, 5.74) is 3.93. The van der Waals surface area contributed by atoms with E-state index in [2.05, 4.69) is 19.9 Å². The Morgan fingerprint density at radius 1 is 0.967 bits per heavy atom. The molecule has 0 bridgehead atoms. The topological polar surface area (TPSA) is 162 Å². The molecule has 61 heavy (non-hydrogen) atoms. The van der Waals surface area contributed by atoms with Crippen LogP contribution in [-0.2, 0) is 16.1 Å². The summed E-state index contributed by atoms with van der Waals surface area (Å²) < 4.78 is 47.9. The third kappa shape index (κ3) is 8.58. The van der Waals surface area contributed by atoms with Crippen LogP contribution >= 0.6 is 0 Å². The van der Waals surface area contributed by atoms with Crippen LogP contribution in [0.1, 0.15) is 80.2 Å². The number of ether oxygens (including phenoxy) is 3. The van der Waals surface area contributed by atoms with Crippen LogP contribution in [0.4, 0.5) is 25.1 Å². The van der Waals surface area contributed by atoms with Crippen LogP contribution < -0.4 is 14.4 Å². The highest BCUT2D eigenvalue weighted by molar-refractivity contribution is 6.05. The fourth-order valence-electron chi connectivity index (χ4n) is 8.00. The fraction of sp³-hybridized carbons (Fsp3) is 0.356. The second-order valence-corrected chi connectivity index (χ2v) is 16.1. The molecule has 0 unspecified atom stereocenters. The molecule has 1 N–H and O–H groups in total. The van der Waals surface area contributed by atoms with Crippen molar-refractivity contribution in [3.05, 3.63) is 89.5 Å². The number of rotatable bonds is 12. The molecular weight excluding hydrogens is 789 g/mol. The third-order valence-electron chi connectivity index (χ3n) is 11.0. The number of carbonyl (C=O) groups is 3. The molecule has 1 saturated carbocycles. The van der Waals surface area contributed by atoms with Gasteiger partial charge in [-0.05, 0) is 101 Å². The van der Waals surface area contributed by atoms with Gasteiger partial charge >= 0.3 is 12.1 Å². The number of hydrogen-bond donors (Lipinski definition) is 1. The molecule has 318 valence electrons. The van der Waals surface area contributed by atoms with Crippen LogP contribution in [0.3, 0.4) is 0 Å². The SMILES string of the molecule is COc1cc(-n2ncc3c(-c4cccc(N(C(=O)OC(C)(C)C)c5nc(C(F)F)nc6cc(CN(C)C7CCC(C(=O)O)CC7)cnc56)c4C)cccc32)cc(OC)c1C=O. The van der Waals surface area contributed by atoms with Gasteiger partial charge in [0.25, 0.3) is 6.43 Å². The molecule has 16 heteroatoms. The summed E-state index contributed by atoms with van der Waals surface area (Å²) in [6.45, 7) is 7.36. The highest BCUT2D eigenvalue weighted by atomic mass is 19.3. The van der Waals surface area contributed by atoms with Crippen LogP contribution in [0.15, 0.2) is 67.0 Å². The fourth-order valence-corrected chi connectivity index (χ4v) is 8.00. The van der Waals surface area contributed by atoms with Gasteiger partial charge in [-0.2, -0.15) is 5.10 Å². The van der Waals surface area contributed by atoms with Crippen molar-refractivity contribution in [1.29, 1.82) is 0 Å². The normalized spacial score (nSPS) is 15.7.